The van der Waals surface area contributed by atoms with Crippen molar-refractivity contribution in [2.24, 2.45) is 0 Å². The zero-order chi connectivity index (χ0) is 14.3. The third-order valence-electron chi connectivity index (χ3n) is 3.37. The monoisotopic (exact) mass is 294 g/mol. The predicted octanol–water partition coefficient (Wildman–Crippen LogP) is 3.74. The number of aliphatic hydroxyl groups is 1. The van der Waals surface area contributed by atoms with Gasteiger partial charge in [0.1, 0.15) is 23.4 Å². The van der Waals surface area contributed by atoms with Crippen LogP contribution >= 0.6 is 11.6 Å². The van der Waals surface area contributed by atoms with E-state index in [1.54, 1.807) is 12.1 Å². The van der Waals surface area contributed by atoms with Gasteiger partial charge in [0.2, 0.25) is 0 Å². The molecule has 0 saturated heterocycles. The van der Waals surface area contributed by atoms with Gasteiger partial charge in [-0.15, -0.1) is 0 Å². The molecule has 104 valence electrons. The second kappa shape index (κ2) is 4.96. The third kappa shape index (κ3) is 2.32. The summed E-state index contributed by atoms with van der Waals surface area (Å²) in [5, 5.41) is 19.6. The summed E-state index contributed by atoms with van der Waals surface area (Å²) < 4.78 is 19.0. The highest BCUT2D eigenvalue weighted by Gasteiger charge is 2.28. The van der Waals surface area contributed by atoms with Crippen molar-refractivity contribution in [3.05, 3.63) is 58.4 Å². The molecule has 2 aromatic rings. The van der Waals surface area contributed by atoms with Crippen molar-refractivity contribution in [2.75, 3.05) is 0 Å². The van der Waals surface area contributed by atoms with E-state index < -0.39 is 18.0 Å². The lowest BCUT2D eigenvalue weighted by Crippen LogP contribution is -2.19. The van der Waals surface area contributed by atoms with Gasteiger partial charge in [0, 0.05) is 12.0 Å². The minimum atomic E-state index is -0.750. The molecule has 0 amide bonds. The van der Waals surface area contributed by atoms with E-state index in [2.05, 4.69) is 0 Å². The van der Waals surface area contributed by atoms with Gasteiger partial charge in [0.05, 0.1) is 11.1 Å². The second-order valence-electron chi connectivity index (χ2n) is 4.75. The van der Waals surface area contributed by atoms with Gasteiger partial charge in [-0.3, -0.25) is 0 Å². The first-order valence-electron chi connectivity index (χ1n) is 6.17. The molecule has 5 heteroatoms. The number of rotatable bonds is 1. The van der Waals surface area contributed by atoms with Crippen LogP contribution < -0.4 is 4.74 Å². The number of ether oxygens (including phenoxy) is 1. The van der Waals surface area contributed by atoms with Crippen molar-refractivity contribution < 1.29 is 19.3 Å². The second-order valence-corrected chi connectivity index (χ2v) is 5.16. The summed E-state index contributed by atoms with van der Waals surface area (Å²) in [4.78, 5) is 0. The minimum absolute atomic E-state index is 0.0251. The first-order valence-corrected chi connectivity index (χ1v) is 6.55. The lowest BCUT2D eigenvalue weighted by atomic mass is 9.95. The van der Waals surface area contributed by atoms with Crippen molar-refractivity contribution >= 4 is 11.6 Å². The van der Waals surface area contributed by atoms with Crippen LogP contribution in [0, 0.1) is 5.82 Å². The van der Waals surface area contributed by atoms with Crippen LogP contribution in [0.2, 0.25) is 5.02 Å². The Morgan fingerprint density at radius 1 is 1.20 bits per heavy atom. The first-order chi connectivity index (χ1) is 9.54. The molecule has 3 nitrogen and oxygen atoms in total. The quantitative estimate of drug-likeness (QED) is 0.842. The SMILES string of the molecule is Oc1ccc2c(c1)C(O)CC(c1ccc(F)c(Cl)c1)O2. The fourth-order valence-electron chi connectivity index (χ4n) is 2.35. The third-order valence-corrected chi connectivity index (χ3v) is 3.66. The topological polar surface area (TPSA) is 49.7 Å². The first kappa shape index (κ1) is 13.2. The Balaban J connectivity index is 1.94. The molecule has 1 aliphatic heterocycles. The molecule has 2 aromatic carbocycles. The van der Waals surface area contributed by atoms with Crippen molar-refractivity contribution in [3.8, 4) is 11.5 Å². The number of phenolic OH excluding ortho intramolecular Hbond substituents is 1. The van der Waals surface area contributed by atoms with Gasteiger partial charge < -0.3 is 14.9 Å². The molecule has 3 rings (SSSR count). The molecule has 2 N–H and O–H groups in total. The highest BCUT2D eigenvalue weighted by Crippen LogP contribution is 2.42. The van der Waals surface area contributed by atoms with E-state index in [-0.39, 0.29) is 10.8 Å². The molecular weight excluding hydrogens is 283 g/mol. The number of hydrogen-bond acceptors (Lipinski definition) is 3. The fraction of sp³-hybridized carbons (Fsp3) is 0.200. The fourth-order valence-corrected chi connectivity index (χ4v) is 2.54. The van der Waals surface area contributed by atoms with Gasteiger partial charge in [-0.25, -0.2) is 4.39 Å². The maximum atomic E-state index is 13.2. The van der Waals surface area contributed by atoms with Crippen LogP contribution in [-0.4, -0.2) is 10.2 Å². The van der Waals surface area contributed by atoms with Crippen molar-refractivity contribution in [1.29, 1.82) is 0 Å². The Morgan fingerprint density at radius 3 is 2.75 bits per heavy atom. The van der Waals surface area contributed by atoms with Crippen molar-refractivity contribution in [3.63, 3.8) is 0 Å². The summed E-state index contributed by atoms with van der Waals surface area (Å²) in [6, 6.07) is 8.94. The number of aliphatic hydroxyl groups excluding tert-OH is 1. The van der Waals surface area contributed by atoms with E-state index in [1.807, 2.05) is 0 Å². The predicted molar refractivity (Wildman–Crippen MR) is 72.5 cm³/mol. The van der Waals surface area contributed by atoms with Crippen LogP contribution in [-0.2, 0) is 0 Å². The van der Waals surface area contributed by atoms with Gasteiger partial charge >= 0.3 is 0 Å². The Morgan fingerprint density at radius 2 is 2.00 bits per heavy atom. The molecule has 0 aromatic heterocycles. The number of hydrogen-bond donors (Lipinski definition) is 2. The minimum Gasteiger partial charge on any atom is -0.508 e. The molecular formula is C15H12ClFO3. The molecule has 0 spiro atoms. The standard InChI is InChI=1S/C15H12ClFO3/c16-11-5-8(1-3-12(11)17)15-7-13(19)10-6-9(18)2-4-14(10)20-15/h1-6,13,15,18-19H,7H2. The Labute approximate surface area is 120 Å². The number of aromatic hydroxyl groups is 1. The summed E-state index contributed by atoms with van der Waals surface area (Å²) in [6.45, 7) is 0. The van der Waals surface area contributed by atoms with E-state index in [1.165, 1.54) is 24.3 Å². The van der Waals surface area contributed by atoms with Gasteiger partial charge in [-0.2, -0.15) is 0 Å². The molecule has 0 saturated carbocycles. The van der Waals surface area contributed by atoms with Crippen molar-refractivity contribution in [2.45, 2.75) is 18.6 Å². The molecule has 0 aliphatic carbocycles. The zero-order valence-corrected chi connectivity index (χ0v) is 11.1. The molecule has 1 heterocycles. The molecule has 20 heavy (non-hydrogen) atoms. The van der Waals surface area contributed by atoms with Gasteiger partial charge in [-0.05, 0) is 35.9 Å². The van der Waals surface area contributed by atoms with Gasteiger partial charge in [-0.1, -0.05) is 17.7 Å². The normalized spacial score (nSPS) is 21.1. The summed E-state index contributed by atoms with van der Waals surface area (Å²) in [5.74, 6) is 0.0961. The van der Waals surface area contributed by atoms with Gasteiger partial charge in [0.15, 0.2) is 0 Å². The summed E-state index contributed by atoms with van der Waals surface area (Å²) in [5.41, 5.74) is 1.25. The molecule has 0 fully saturated rings. The Hall–Kier alpha value is -1.78. The van der Waals surface area contributed by atoms with Crippen LogP contribution in [0.3, 0.4) is 0 Å². The highest BCUT2D eigenvalue weighted by molar-refractivity contribution is 6.30. The van der Waals surface area contributed by atoms with Crippen LogP contribution in [0.4, 0.5) is 4.39 Å². The summed E-state index contributed by atoms with van der Waals surface area (Å²) >= 11 is 5.76. The van der Waals surface area contributed by atoms with E-state index in [0.29, 0.717) is 23.3 Å². The number of fused-ring (bicyclic) bond motifs is 1. The van der Waals surface area contributed by atoms with E-state index >= 15 is 0 Å². The number of benzene rings is 2. The maximum absolute atomic E-state index is 13.2. The smallest absolute Gasteiger partial charge is 0.141 e. The van der Waals surface area contributed by atoms with E-state index in [4.69, 9.17) is 16.3 Å². The number of phenols is 1. The Kier molecular flexibility index (Phi) is 3.28. The molecule has 0 bridgehead atoms. The highest BCUT2D eigenvalue weighted by atomic mass is 35.5. The lowest BCUT2D eigenvalue weighted by Gasteiger charge is -2.30. The van der Waals surface area contributed by atoms with Crippen LogP contribution in [0.1, 0.15) is 29.8 Å². The van der Waals surface area contributed by atoms with E-state index in [0.717, 1.165) is 0 Å². The average Bonchev–Trinajstić information content (AvgIpc) is 2.42. The van der Waals surface area contributed by atoms with E-state index in [9.17, 15) is 14.6 Å². The summed E-state index contributed by atoms with van der Waals surface area (Å²) in [7, 11) is 0. The van der Waals surface area contributed by atoms with Crippen LogP contribution in [0.25, 0.3) is 0 Å². The number of halogens is 2. The zero-order valence-electron chi connectivity index (χ0n) is 10.4. The van der Waals surface area contributed by atoms with Crippen LogP contribution in [0.5, 0.6) is 11.5 Å². The molecule has 2 atom stereocenters. The molecule has 1 aliphatic rings. The summed E-state index contributed by atoms with van der Waals surface area (Å²) in [6.07, 6.45) is -0.835. The molecule has 2 unspecified atom stereocenters. The largest absolute Gasteiger partial charge is 0.508 e. The maximum Gasteiger partial charge on any atom is 0.141 e. The van der Waals surface area contributed by atoms with Gasteiger partial charge in [0.25, 0.3) is 0 Å². The average molecular weight is 295 g/mol. The van der Waals surface area contributed by atoms with Crippen molar-refractivity contribution in [1.82, 2.24) is 0 Å². The van der Waals surface area contributed by atoms with Crippen LogP contribution in [0.15, 0.2) is 36.4 Å². The lowest BCUT2D eigenvalue weighted by molar-refractivity contribution is 0.0654. The Bertz CT molecular complexity index is 660. The molecule has 0 radical (unpaired) electrons.